The monoisotopic (exact) mass is 292 g/mol. The molecule has 1 aromatic heterocycles. The van der Waals surface area contributed by atoms with E-state index in [1.165, 1.54) is 27.1 Å². The molecule has 0 fully saturated rings. The van der Waals surface area contributed by atoms with E-state index in [1.807, 2.05) is 24.0 Å². The second kappa shape index (κ2) is 5.08. The van der Waals surface area contributed by atoms with Gasteiger partial charge in [0, 0.05) is 27.9 Å². The van der Waals surface area contributed by atoms with Crippen LogP contribution in [-0.4, -0.2) is 10.7 Å². The first-order valence-electron chi connectivity index (χ1n) is 7.15. The van der Waals surface area contributed by atoms with E-state index in [4.69, 9.17) is 0 Å². The van der Waals surface area contributed by atoms with Gasteiger partial charge in [-0.1, -0.05) is 24.3 Å². The van der Waals surface area contributed by atoms with Crippen molar-refractivity contribution in [2.24, 2.45) is 0 Å². The number of hydrogen-bond acceptors (Lipinski definition) is 3. The fourth-order valence-corrected chi connectivity index (χ4v) is 4.07. The van der Waals surface area contributed by atoms with Crippen LogP contribution in [0.5, 0.6) is 0 Å². The zero-order valence-corrected chi connectivity index (χ0v) is 12.7. The molecule has 104 valence electrons. The predicted octanol–water partition coefficient (Wildman–Crippen LogP) is 4.80. The Hall–Kier alpha value is -2.00. The number of benzene rings is 2. The van der Waals surface area contributed by atoms with Gasteiger partial charge in [0.05, 0.1) is 11.6 Å². The maximum atomic E-state index is 4.52. The smallest absolute Gasteiger partial charge is 0.0751 e. The number of pyridine rings is 1. The summed E-state index contributed by atoms with van der Waals surface area (Å²) in [5, 5.41) is 4.91. The van der Waals surface area contributed by atoms with Gasteiger partial charge in [-0.2, -0.15) is 0 Å². The molecule has 0 amide bonds. The molecule has 0 radical (unpaired) electrons. The van der Waals surface area contributed by atoms with Crippen molar-refractivity contribution in [2.75, 3.05) is 11.1 Å². The number of aryl methyl sites for hydroxylation is 1. The number of aromatic nitrogens is 1. The summed E-state index contributed by atoms with van der Waals surface area (Å²) in [7, 11) is 0. The van der Waals surface area contributed by atoms with E-state index in [-0.39, 0.29) is 0 Å². The molecule has 2 heterocycles. The average molecular weight is 292 g/mol. The first kappa shape index (κ1) is 12.7. The Bertz CT molecular complexity index is 813. The largest absolute Gasteiger partial charge is 0.377 e. The summed E-state index contributed by atoms with van der Waals surface area (Å²) < 4.78 is 0. The van der Waals surface area contributed by atoms with Crippen LogP contribution >= 0.6 is 11.8 Å². The number of thioether (sulfide) groups is 1. The van der Waals surface area contributed by atoms with Crippen LogP contribution < -0.4 is 5.32 Å². The van der Waals surface area contributed by atoms with Gasteiger partial charge < -0.3 is 5.32 Å². The van der Waals surface area contributed by atoms with E-state index < -0.39 is 0 Å². The maximum Gasteiger partial charge on any atom is 0.0751 e. The Morgan fingerprint density at radius 3 is 2.95 bits per heavy atom. The van der Waals surface area contributed by atoms with E-state index in [2.05, 4.69) is 59.7 Å². The van der Waals surface area contributed by atoms with Crippen LogP contribution in [-0.2, 0) is 0 Å². The van der Waals surface area contributed by atoms with Crippen LogP contribution in [0.15, 0.2) is 59.6 Å². The number of nitrogens with one attached hydrogen (secondary N) is 1. The molecule has 0 bridgehead atoms. The van der Waals surface area contributed by atoms with Gasteiger partial charge in [-0.3, -0.25) is 4.98 Å². The van der Waals surface area contributed by atoms with Crippen molar-refractivity contribution in [3.63, 3.8) is 0 Å². The summed E-state index contributed by atoms with van der Waals surface area (Å²) in [6, 6.07) is 17.5. The van der Waals surface area contributed by atoms with Gasteiger partial charge in [-0.25, -0.2) is 0 Å². The van der Waals surface area contributed by atoms with Crippen molar-refractivity contribution >= 4 is 28.4 Å². The predicted molar refractivity (Wildman–Crippen MR) is 90.0 cm³/mol. The minimum atomic E-state index is 0.373. The molecule has 1 unspecified atom stereocenters. The molecule has 3 aromatic rings. The van der Waals surface area contributed by atoms with Crippen LogP contribution in [0.25, 0.3) is 10.9 Å². The van der Waals surface area contributed by atoms with Crippen LogP contribution in [0.1, 0.15) is 17.2 Å². The van der Waals surface area contributed by atoms with Gasteiger partial charge in [-0.15, -0.1) is 11.8 Å². The molecule has 0 saturated carbocycles. The van der Waals surface area contributed by atoms with Gasteiger partial charge >= 0.3 is 0 Å². The number of anilines is 1. The second-order valence-electron chi connectivity index (χ2n) is 5.38. The Balaban J connectivity index is 1.75. The summed E-state index contributed by atoms with van der Waals surface area (Å²) in [5.74, 6) is 1.08. The third kappa shape index (κ3) is 2.18. The number of hydrogen-bond donors (Lipinski definition) is 1. The molecule has 2 nitrogen and oxygen atoms in total. The molecule has 3 heteroatoms. The maximum absolute atomic E-state index is 4.52. The highest BCUT2D eigenvalue weighted by atomic mass is 32.2. The lowest BCUT2D eigenvalue weighted by Gasteiger charge is -2.17. The minimum absolute atomic E-state index is 0.373. The van der Waals surface area contributed by atoms with Crippen molar-refractivity contribution < 1.29 is 0 Å². The SMILES string of the molecule is Cc1ccc(NC2CSc3ccccc32)c2cccnc12. The topological polar surface area (TPSA) is 24.9 Å². The highest BCUT2D eigenvalue weighted by Gasteiger charge is 2.22. The molecule has 1 aliphatic rings. The Kier molecular flexibility index (Phi) is 3.08. The van der Waals surface area contributed by atoms with E-state index in [9.17, 15) is 0 Å². The quantitative estimate of drug-likeness (QED) is 0.734. The van der Waals surface area contributed by atoms with Crippen LogP contribution in [0.4, 0.5) is 5.69 Å². The lowest BCUT2D eigenvalue weighted by atomic mass is 10.1. The van der Waals surface area contributed by atoms with Crippen LogP contribution in [0.2, 0.25) is 0 Å². The van der Waals surface area contributed by atoms with Gasteiger partial charge in [0.25, 0.3) is 0 Å². The van der Waals surface area contributed by atoms with E-state index in [0.717, 1.165) is 11.3 Å². The third-order valence-electron chi connectivity index (χ3n) is 4.00. The summed E-state index contributed by atoms with van der Waals surface area (Å²) in [6.45, 7) is 2.11. The molecule has 0 aliphatic carbocycles. The number of fused-ring (bicyclic) bond motifs is 2. The summed E-state index contributed by atoms with van der Waals surface area (Å²) >= 11 is 1.93. The van der Waals surface area contributed by atoms with Gasteiger partial charge in [-0.05, 0) is 42.3 Å². The molecule has 21 heavy (non-hydrogen) atoms. The Morgan fingerprint density at radius 1 is 1.10 bits per heavy atom. The highest BCUT2D eigenvalue weighted by molar-refractivity contribution is 7.99. The van der Waals surface area contributed by atoms with Crippen molar-refractivity contribution in [3.05, 3.63) is 65.9 Å². The zero-order valence-electron chi connectivity index (χ0n) is 11.8. The van der Waals surface area contributed by atoms with Crippen LogP contribution in [0.3, 0.4) is 0 Å². The van der Waals surface area contributed by atoms with Crippen molar-refractivity contribution in [1.82, 2.24) is 4.98 Å². The zero-order chi connectivity index (χ0) is 14.2. The lowest BCUT2D eigenvalue weighted by molar-refractivity contribution is 0.902. The Morgan fingerprint density at radius 2 is 2.00 bits per heavy atom. The van der Waals surface area contributed by atoms with Gasteiger partial charge in [0.1, 0.15) is 0 Å². The normalized spacial score (nSPS) is 16.9. The molecule has 0 spiro atoms. The molecule has 1 N–H and O–H groups in total. The fraction of sp³-hybridized carbons (Fsp3) is 0.167. The summed E-state index contributed by atoms with van der Waals surface area (Å²) in [4.78, 5) is 5.91. The third-order valence-corrected chi connectivity index (χ3v) is 5.18. The molecule has 0 saturated heterocycles. The summed E-state index contributed by atoms with van der Waals surface area (Å²) in [5.41, 5.74) is 4.88. The first-order chi connectivity index (χ1) is 10.3. The first-order valence-corrected chi connectivity index (χ1v) is 8.14. The number of rotatable bonds is 2. The number of nitrogens with zero attached hydrogens (tertiary/aromatic N) is 1. The summed E-state index contributed by atoms with van der Waals surface area (Å²) in [6.07, 6.45) is 1.86. The molecular weight excluding hydrogens is 276 g/mol. The highest BCUT2D eigenvalue weighted by Crippen LogP contribution is 2.40. The van der Waals surface area contributed by atoms with E-state index in [1.54, 1.807) is 0 Å². The molecule has 1 atom stereocenters. The minimum Gasteiger partial charge on any atom is -0.377 e. The molecule has 1 aliphatic heterocycles. The molecule has 4 rings (SSSR count). The second-order valence-corrected chi connectivity index (χ2v) is 6.44. The lowest BCUT2D eigenvalue weighted by Crippen LogP contribution is -2.10. The van der Waals surface area contributed by atoms with E-state index >= 15 is 0 Å². The van der Waals surface area contributed by atoms with Gasteiger partial charge in [0.2, 0.25) is 0 Å². The average Bonchev–Trinajstić information content (AvgIpc) is 2.94. The van der Waals surface area contributed by atoms with Crippen molar-refractivity contribution in [1.29, 1.82) is 0 Å². The Labute approximate surface area is 128 Å². The van der Waals surface area contributed by atoms with Crippen molar-refractivity contribution in [2.45, 2.75) is 17.9 Å². The fourth-order valence-electron chi connectivity index (χ4n) is 2.91. The van der Waals surface area contributed by atoms with Gasteiger partial charge in [0.15, 0.2) is 0 Å². The standard InChI is InChI=1S/C18H16N2S/c1-12-8-9-15(14-6-4-10-19-18(12)14)20-16-11-21-17-7-3-2-5-13(16)17/h2-10,16,20H,11H2,1H3. The van der Waals surface area contributed by atoms with Crippen molar-refractivity contribution in [3.8, 4) is 0 Å². The molecular formula is C18H16N2S. The molecule has 2 aromatic carbocycles. The van der Waals surface area contributed by atoms with Crippen LogP contribution in [0, 0.1) is 6.92 Å². The van der Waals surface area contributed by atoms with E-state index in [0.29, 0.717) is 6.04 Å².